The van der Waals surface area contributed by atoms with E-state index in [0.717, 1.165) is 43.9 Å². The van der Waals surface area contributed by atoms with Gasteiger partial charge in [0.1, 0.15) is 17.7 Å². The number of rotatable bonds is 6. The first kappa shape index (κ1) is 18.6. The van der Waals surface area contributed by atoms with Gasteiger partial charge in [-0.1, -0.05) is 18.6 Å². The van der Waals surface area contributed by atoms with Crippen LogP contribution in [0.4, 0.5) is 4.39 Å². The summed E-state index contributed by atoms with van der Waals surface area (Å²) in [4.78, 5) is 21.6. The van der Waals surface area contributed by atoms with Crippen LogP contribution in [0.3, 0.4) is 0 Å². The highest BCUT2D eigenvalue weighted by Crippen LogP contribution is 2.27. The van der Waals surface area contributed by atoms with Gasteiger partial charge in [0.05, 0.1) is 6.54 Å². The van der Waals surface area contributed by atoms with Crippen molar-refractivity contribution in [2.24, 2.45) is 0 Å². The molecule has 5 nitrogen and oxygen atoms in total. The number of aromatic nitrogens is 2. The summed E-state index contributed by atoms with van der Waals surface area (Å²) in [5, 5.41) is 0. The van der Waals surface area contributed by atoms with Crippen molar-refractivity contribution in [1.82, 2.24) is 19.4 Å². The highest BCUT2D eigenvalue weighted by Gasteiger charge is 2.31. The number of carbonyl (C=O) groups is 1. The lowest BCUT2D eigenvalue weighted by Gasteiger charge is -2.36. The number of imidazole rings is 1. The Hall–Kier alpha value is -2.21. The Morgan fingerprint density at radius 3 is 2.58 bits per heavy atom. The Kier molecular flexibility index (Phi) is 6.04. The number of likely N-dealkylation sites (tertiary alicyclic amines) is 1. The zero-order valence-corrected chi connectivity index (χ0v) is 15.6. The van der Waals surface area contributed by atoms with E-state index in [1.165, 1.54) is 18.6 Å². The Morgan fingerprint density at radius 2 is 1.92 bits per heavy atom. The van der Waals surface area contributed by atoms with Crippen LogP contribution in [0.1, 0.15) is 43.6 Å². The lowest BCUT2D eigenvalue weighted by atomic mass is 10.0. The number of aryl methyl sites for hydroxylation is 1. The number of benzene rings is 1. The van der Waals surface area contributed by atoms with Gasteiger partial charge in [-0.3, -0.25) is 9.69 Å². The molecule has 0 N–H and O–H groups in total. The summed E-state index contributed by atoms with van der Waals surface area (Å²) in [7, 11) is 1.82. The van der Waals surface area contributed by atoms with E-state index in [1.54, 1.807) is 23.2 Å². The highest BCUT2D eigenvalue weighted by atomic mass is 19.1. The molecule has 2 aromatic rings. The first-order chi connectivity index (χ1) is 12.6. The maximum atomic E-state index is 13.4. The predicted octanol–water partition coefficient (Wildman–Crippen LogP) is 3.23. The molecule has 1 atom stereocenters. The molecule has 1 aliphatic rings. The maximum Gasteiger partial charge on any atom is 0.244 e. The number of hydrogen-bond donors (Lipinski definition) is 0. The summed E-state index contributed by atoms with van der Waals surface area (Å²) in [6, 6.07) is 5.96. The van der Waals surface area contributed by atoms with Gasteiger partial charge >= 0.3 is 0 Å². The SMILES string of the molecule is CCn1ccnc1CN(C)C(=O)[C@H](c1ccc(F)cc1)N1CCCCC1. The Balaban J connectivity index is 1.82. The fraction of sp³-hybridized carbons (Fsp3) is 0.500. The third-order valence-corrected chi connectivity index (χ3v) is 5.07. The van der Waals surface area contributed by atoms with E-state index in [2.05, 4.69) is 16.8 Å². The minimum atomic E-state index is -0.370. The van der Waals surface area contributed by atoms with Crippen molar-refractivity contribution in [3.8, 4) is 0 Å². The summed E-state index contributed by atoms with van der Waals surface area (Å²) in [6.07, 6.45) is 7.07. The van der Waals surface area contributed by atoms with Gasteiger partial charge in [-0.25, -0.2) is 9.37 Å². The molecular formula is C20H27FN4O. The minimum Gasteiger partial charge on any atom is -0.337 e. The van der Waals surface area contributed by atoms with Gasteiger partial charge in [-0.05, 0) is 50.6 Å². The molecule has 1 amide bonds. The monoisotopic (exact) mass is 358 g/mol. The van der Waals surface area contributed by atoms with Gasteiger partial charge in [0.15, 0.2) is 0 Å². The molecule has 0 aliphatic carbocycles. The Morgan fingerprint density at radius 1 is 1.23 bits per heavy atom. The van der Waals surface area contributed by atoms with E-state index in [9.17, 15) is 9.18 Å². The van der Waals surface area contributed by atoms with Crippen molar-refractivity contribution in [2.45, 2.75) is 45.3 Å². The second-order valence-electron chi connectivity index (χ2n) is 6.87. The fourth-order valence-corrected chi connectivity index (χ4v) is 3.61. The molecule has 0 radical (unpaired) electrons. The molecular weight excluding hydrogens is 331 g/mol. The van der Waals surface area contributed by atoms with Crippen LogP contribution < -0.4 is 0 Å². The maximum absolute atomic E-state index is 13.4. The third-order valence-electron chi connectivity index (χ3n) is 5.07. The normalized spacial score (nSPS) is 16.4. The third kappa shape index (κ3) is 4.12. The van der Waals surface area contributed by atoms with Crippen molar-refractivity contribution in [1.29, 1.82) is 0 Å². The quantitative estimate of drug-likeness (QED) is 0.796. The second kappa shape index (κ2) is 8.45. The molecule has 0 unspecified atom stereocenters. The first-order valence-electron chi connectivity index (χ1n) is 9.34. The minimum absolute atomic E-state index is 0.0316. The Labute approximate surface area is 154 Å². The van der Waals surface area contributed by atoms with Gasteiger partial charge in [0.2, 0.25) is 5.91 Å². The number of carbonyl (C=O) groups excluding carboxylic acids is 1. The van der Waals surface area contributed by atoms with Crippen molar-refractivity contribution < 1.29 is 9.18 Å². The van der Waals surface area contributed by atoms with Crippen LogP contribution in [0.2, 0.25) is 0 Å². The van der Waals surface area contributed by atoms with Crippen molar-refractivity contribution in [3.63, 3.8) is 0 Å². The number of piperidine rings is 1. The molecule has 1 fully saturated rings. The summed E-state index contributed by atoms with van der Waals surface area (Å²) in [5.41, 5.74) is 0.851. The van der Waals surface area contributed by atoms with Crippen LogP contribution in [0.5, 0.6) is 0 Å². The van der Waals surface area contributed by atoms with Crippen molar-refractivity contribution in [2.75, 3.05) is 20.1 Å². The lowest BCUT2D eigenvalue weighted by Crippen LogP contribution is -2.43. The molecule has 1 saturated heterocycles. The van der Waals surface area contributed by atoms with Crippen LogP contribution in [0, 0.1) is 5.82 Å². The summed E-state index contributed by atoms with van der Waals surface area (Å²) < 4.78 is 15.4. The van der Waals surface area contributed by atoms with Crippen LogP contribution in [0.15, 0.2) is 36.7 Å². The molecule has 0 saturated carbocycles. The summed E-state index contributed by atoms with van der Waals surface area (Å²) in [5.74, 6) is 0.626. The molecule has 0 spiro atoms. The molecule has 1 aromatic heterocycles. The average Bonchev–Trinajstić information content (AvgIpc) is 3.11. The molecule has 2 heterocycles. The zero-order chi connectivity index (χ0) is 18.5. The van der Waals surface area contributed by atoms with E-state index in [1.807, 2.05) is 17.8 Å². The van der Waals surface area contributed by atoms with Gasteiger partial charge < -0.3 is 9.47 Å². The van der Waals surface area contributed by atoms with Crippen LogP contribution in [-0.4, -0.2) is 45.4 Å². The molecule has 0 bridgehead atoms. The van der Waals surface area contributed by atoms with Crippen molar-refractivity contribution >= 4 is 5.91 Å². The summed E-state index contributed by atoms with van der Waals surface area (Å²) in [6.45, 7) is 5.13. The van der Waals surface area contributed by atoms with E-state index in [-0.39, 0.29) is 17.8 Å². The predicted molar refractivity (Wildman–Crippen MR) is 98.9 cm³/mol. The number of amides is 1. The molecule has 1 aliphatic heterocycles. The topological polar surface area (TPSA) is 41.4 Å². The number of likely N-dealkylation sites (N-methyl/N-ethyl adjacent to an activating group) is 1. The standard InChI is InChI=1S/C20H27FN4O/c1-3-24-14-11-22-18(24)15-23(2)20(26)19(25-12-5-4-6-13-25)16-7-9-17(21)10-8-16/h7-11,14,19H,3-6,12-13,15H2,1-2H3/t19-/m0/s1. The van der Waals surface area contributed by atoms with Crippen LogP contribution in [-0.2, 0) is 17.9 Å². The van der Waals surface area contributed by atoms with Gasteiger partial charge in [-0.15, -0.1) is 0 Å². The molecule has 3 rings (SSSR count). The number of hydrogen-bond acceptors (Lipinski definition) is 3. The van der Waals surface area contributed by atoms with E-state index < -0.39 is 0 Å². The summed E-state index contributed by atoms with van der Waals surface area (Å²) >= 11 is 0. The van der Waals surface area contributed by atoms with E-state index >= 15 is 0 Å². The second-order valence-corrected chi connectivity index (χ2v) is 6.87. The van der Waals surface area contributed by atoms with Crippen LogP contribution >= 0.6 is 0 Å². The molecule has 26 heavy (non-hydrogen) atoms. The smallest absolute Gasteiger partial charge is 0.244 e. The first-order valence-corrected chi connectivity index (χ1v) is 9.34. The lowest BCUT2D eigenvalue weighted by molar-refractivity contribution is -0.137. The van der Waals surface area contributed by atoms with E-state index in [4.69, 9.17) is 0 Å². The number of nitrogens with zero attached hydrogens (tertiary/aromatic N) is 4. The highest BCUT2D eigenvalue weighted by molar-refractivity contribution is 5.83. The van der Waals surface area contributed by atoms with Gasteiger partial charge in [-0.2, -0.15) is 0 Å². The molecule has 1 aromatic carbocycles. The van der Waals surface area contributed by atoms with Gasteiger partial charge in [0, 0.05) is 26.0 Å². The fourth-order valence-electron chi connectivity index (χ4n) is 3.61. The average molecular weight is 358 g/mol. The zero-order valence-electron chi connectivity index (χ0n) is 15.6. The van der Waals surface area contributed by atoms with E-state index in [0.29, 0.717) is 6.54 Å². The Bertz CT molecular complexity index is 722. The largest absolute Gasteiger partial charge is 0.337 e. The van der Waals surface area contributed by atoms with Gasteiger partial charge in [0.25, 0.3) is 0 Å². The molecule has 6 heteroatoms. The van der Waals surface area contributed by atoms with Crippen LogP contribution in [0.25, 0.3) is 0 Å². The molecule has 140 valence electrons. The van der Waals surface area contributed by atoms with Crippen molar-refractivity contribution in [3.05, 3.63) is 53.9 Å². The number of halogens is 1.